The van der Waals surface area contributed by atoms with Crippen LogP contribution in [0.3, 0.4) is 0 Å². The van der Waals surface area contributed by atoms with E-state index in [1.807, 2.05) is 30.3 Å². The molecular weight excluding hydrogens is 330 g/mol. The van der Waals surface area contributed by atoms with Crippen LogP contribution in [0.5, 0.6) is 0 Å². The summed E-state index contributed by atoms with van der Waals surface area (Å²) in [6.07, 6.45) is 3.30. The first-order chi connectivity index (χ1) is 11.4. The molecule has 1 heterocycles. The van der Waals surface area contributed by atoms with E-state index in [0.29, 0.717) is 13.0 Å². The van der Waals surface area contributed by atoms with E-state index in [0.717, 1.165) is 5.56 Å². The van der Waals surface area contributed by atoms with Crippen LogP contribution < -0.4 is 0 Å². The molecule has 24 heavy (non-hydrogen) atoms. The van der Waals surface area contributed by atoms with Gasteiger partial charge >= 0.3 is 5.97 Å². The number of benzene rings is 1. The fraction of sp³-hybridized carbons (Fsp3) is 0.412. The minimum atomic E-state index is -3.07. The van der Waals surface area contributed by atoms with Gasteiger partial charge in [-0.2, -0.15) is 0 Å². The SMILES string of the molecule is CCN(C(=O)COC(=O)/C=C/c1ccccc1)[C@H]1CCS(=O)(=O)C1. The second-order valence-corrected chi connectivity index (χ2v) is 7.82. The first kappa shape index (κ1) is 18.2. The summed E-state index contributed by atoms with van der Waals surface area (Å²) in [6, 6.07) is 8.93. The number of ether oxygens (including phenoxy) is 1. The third kappa shape index (κ3) is 5.19. The largest absolute Gasteiger partial charge is 0.452 e. The average molecular weight is 351 g/mol. The zero-order chi connectivity index (χ0) is 17.6. The molecular formula is C17H21NO5S. The van der Waals surface area contributed by atoms with E-state index in [1.54, 1.807) is 13.0 Å². The van der Waals surface area contributed by atoms with Crippen LogP contribution in [0.1, 0.15) is 18.9 Å². The van der Waals surface area contributed by atoms with Crippen LogP contribution in [-0.2, 0) is 24.2 Å². The highest BCUT2D eigenvalue weighted by molar-refractivity contribution is 7.91. The fourth-order valence-corrected chi connectivity index (χ4v) is 4.38. The maximum atomic E-state index is 12.2. The van der Waals surface area contributed by atoms with E-state index in [1.165, 1.54) is 11.0 Å². The summed E-state index contributed by atoms with van der Waals surface area (Å²) in [5.41, 5.74) is 0.854. The van der Waals surface area contributed by atoms with E-state index in [2.05, 4.69) is 0 Å². The smallest absolute Gasteiger partial charge is 0.331 e. The average Bonchev–Trinajstić information content (AvgIpc) is 2.92. The Kier molecular flexibility index (Phi) is 6.14. The quantitative estimate of drug-likeness (QED) is 0.570. The molecule has 1 aromatic rings. The van der Waals surface area contributed by atoms with Crippen molar-refractivity contribution >= 4 is 27.8 Å². The van der Waals surface area contributed by atoms with Crippen molar-refractivity contribution < 1.29 is 22.7 Å². The lowest BCUT2D eigenvalue weighted by Gasteiger charge is -2.26. The Hall–Kier alpha value is -2.15. The van der Waals surface area contributed by atoms with Gasteiger partial charge in [0.2, 0.25) is 0 Å². The highest BCUT2D eigenvalue weighted by Gasteiger charge is 2.34. The van der Waals surface area contributed by atoms with Crippen molar-refractivity contribution in [3.63, 3.8) is 0 Å². The Labute approximate surface area is 142 Å². The predicted molar refractivity (Wildman–Crippen MR) is 90.9 cm³/mol. The van der Waals surface area contributed by atoms with Gasteiger partial charge in [-0.1, -0.05) is 30.3 Å². The molecule has 0 unspecified atom stereocenters. The molecule has 1 amide bonds. The molecule has 0 aliphatic carbocycles. The van der Waals surface area contributed by atoms with Gasteiger partial charge in [0.05, 0.1) is 11.5 Å². The van der Waals surface area contributed by atoms with Gasteiger partial charge < -0.3 is 9.64 Å². The molecule has 6 nitrogen and oxygen atoms in total. The zero-order valence-corrected chi connectivity index (χ0v) is 14.4. The van der Waals surface area contributed by atoms with Gasteiger partial charge in [0.15, 0.2) is 16.4 Å². The van der Waals surface area contributed by atoms with Crippen LogP contribution in [0.2, 0.25) is 0 Å². The fourth-order valence-electron chi connectivity index (χ4n) is 2.65. The molecule has 0 bridgehead atoms. The van der Waals surface area contributed by atoms with Gasteiger partial charge in [-0.05, 0) is 25.0 Å². The van der Waals surface area contributed by atoms with E-state index < -0.39 is 15.8 Å². The minimum absolute atomic E-state index is 0.0194. The van der Waals surface area contributed by atoms with Crippen molar-refractivity contribution in [1.29, 1.82) is 0 Å². The lowest BCUT2D eigenvalue weighted by Crippen LogP contribution is -2.43. The number of nitrogens with zero attached hydrogens (tertiary/aromatic N) is 1. The number of sulfone groups is 1. The Bertz CT molecular complexity index is 712. The third-order valence-electron chi connectivity index (χ3n) is 3.86. The molecule has 0 aromatic heterocycles. The molecule has 1 aromatic carbocycles. The lowest BCUT2D eigenvalue weighted by molar-refractivity contribution is -0.149. The minimum Gasteiger partial charge on any atom is -0.452 e. The summed E-state index contributed by atoms with van der Waals surface area (Å²) >= 11 is 0. The molecule has 130 valence electrons. The van der Waals surface area contributed by atoms with Crippen LogP contribution in [-0.4, -0.2) is 55.9 Å². The summed E-state index contributed by atoms with van der Waals surface area (Å²) in [6.45, 7) is 1.78. The van der Waals surface area contributed by atoms with Gasteiger partial charge in [0.25, 0.3) is 5.91 Å². The summed E-state index contributed by atoms with van der Waals surface area (Å²) < 4.78 is 28.0. The zero-order valence-electron chi connectivity index (χ0n) is 13.6. The second kappa shape index (κ2) is 8.10. The highest BCUT2D eigenvalue weighted by atomic mass is 32.2. The molecule has 0 radical (unpaired) electrons. The lowest BCUT2D eigenvalue weighted by atomic mass is 10.2. The van der Waals surface area contributed by atoms with Crippen molar-refractivity contribution in [1.82, 2.24) is 4.90 Å². The summed E-state index contributed by atoms with van der Waals surface area (Å²) in [7, 11) is -3.07. The van der Waals surface area contributed by atoms with Crippen LogP contribution in [0.25, 0.3) is 6.08 Å². The Morgan fingerprint density at radius 1 is 1.29 bits per heavy atom. The summed E-state index contributed by atoms with van der Waals surface area (Å²) in [5, 5.41) is 0. The topological polar surface area (TPSA) is 80.8 Å². The molecule has 7 heteroatoms. The monoisotopic (exact) mass is 351 g/mol. The van der Waals surface area contributed by atoms with Crippen molar-refractivity contribution in [3.05, 3.63) is 42.0 Å². The van der Waals surface area contributed by atoms with E-state index in [4.69, 9.17) is 4.74 Å². The number of amides is 1. The molecule has 1 aliphatic heterocycles. The first-order valence-corrected chi connectivity index (χ1v) is 9.63. The maximum absolute atomic E-state index is 12.2. The van der Waals surface area contributed by atoms with Gasteiger partial charge in [0, 0.05) is 18.7 Å². The molecule has 0 N–H and O–H groups in total. The number of hydrogen-bond donors (Lipinski definition) is 0. The number of carbonyl (C=O) groups excluding carboxylic acids is 2. The van der Waals surface area contributed by atoms with Crippen molar-refractivity contribution in [2.75, 3.05) is 24.7 Å². The molecule has 1 aliphatic rings. The second-order valence-electron chi connectivity index (χ2n) is 5.59. The van der Waals surface area contributed by atoms with Gasteiger partial charge in [-0.3, -0.25) is 4.79 Å². The Morgan fingerprint density at radius 2 is 2.00 bits per heavy atom. The predicted octanol–water partition coefficient (Wildman–Crippen LogP) is 1.28. The van der Waals surface area contributed by atoms with Gasteiger partial charge in [-0.25, -0.2) is 13.2 Å². The van der Waals surface area contributed by atoms with Crippen LogP contribution in [0, 0.1) is 0 Å². The number of carbonyl (C=O) groups is 2. The van der Waals surface area contributed by atoms with Crippen LogP contribution in [0.4, 0.5) is 0 Å². The molecule has 0 spiro atoms. The number of esters is 1. The molecule has 0 saturated carbocycles. The van der Waals surface area contributed by atoms with Gasteiger partial charge in [-0.15, -0.1) is 0 Å². The van der Waals surface area contributed by atoms with E-state index in [-0.39, 0.29) is 30.1 Å². The first-order valence-electron chi connectivity index (χ1n) is 7.81. The molecule has 1 fully saturated rings. The Balaban J connectivity index is 1.85. The van der Waals surface area contributed by atoms with E-state index in [9.17, 15) is 18.0 Å². The third-order valence-corrected chi connectivity index (χ3v) is 5.61. The maximum Gasteiger partial charge on any atom is 0.331 e. The van der Waals surface area contributed by atoms with E-state index >= 15 is 0 Å². The Morgan fingerprint density at radius 3 is 2.58 bits per heavy atom. The number of hydrogen-bond acceptors (Lipinski definition) is 5. The standard InChI is InChI=1S/C17H21NO5S/c1-2-18(15-10-11-24(21,22)13-15)16(19)12-23-17(20)9-8-14-6-4-3-5-7-14/h3-9,15H,2,10-13H2,1H3/b9-8+/t15-/m0/s1. The van der Waals surface area contributed by atoms with Gasteiger partial charge in [0.1, 0.15) is 0 Å². The van der Waals surface area contributed by atoms with Crippen LogP contribution in [0.15, 0.2) is 36.4 Å². The highest BCUT2D eigenvalue weighted by Crippen LogP contribution is 2.17. The molecule has 2 rings (SSSR count). The summed E-state index contributed by atoms with van der Waals surface area (Å²) in [4.78, 5) is 25.3. The van der Waals surface area contributed by atoms with Crippen molar-refractivity contribution in [2.45, 2.75) is 19.4 Å². The number of rotatable bonds is 6. The van der Waals surface area contributed by atoms with Crippen molar-refractivity contribution in [2.24, 2.45) is 0 Å². The normalized spacial score (nSPS) is 19.3. The summed E-state index contributed by atoms with van der Waals surface area (Å²) in [5.74, 6) is -0.904. The molecule has 1 saturated heterocycles. The van der Waals surface area contributed by atoms with Crippen molar-refractivity contribution in [3.8, 4) is 0 Å². The number of likely N-dealkylation sites (N-methyl/N-ethyl adjacent to an activating group) is 1. The molecule has 1 atom stereocenters. The van der Waals surface area contributed by atoms with Crippen LogP contribution >= 0.6 is 0 Å².